The molecule has 12 aromatic carbocycles. The zero-order valence-electron chi connectivity index (χ0n) is 78.0. The van der Waals surface area contributed by atoms with E-state index in [1.54, 1.807) is 41.5 Å². The first-order valence-electron chi connectivity index (χ1n) is 42.9. The van der Waals surface area contributed by atoms with E-state index in [0.717, 1.165) is 156 Å². The standard InChI is InChI=1S/C20H22O2S.C19H22O2S.C18H20O3S.C18H20O2S.C17H17BrO2S.C17H17IO2S/c1-13-7-10-19(14(2)11-13)21-12-18-17(16-8-9-16)5-4-6-20(18)22-15(3)23;1-5-16-7-6-8-19(21-15(4)22)17(16)12-20-18-10-9-13(2)11-14(18)3;1-12-7-8-17(13(2)9-12)20-11-16-15(10-19)5-4-6-18(16)21-14(3)22;1-12-8-9-17(14(3)10-12)19-11-16-13(2)6-5-7-18(16)20-15(4)21;2*1-11-7-8-16(12(2)9-11)19-10-14-15(18)5-4-6-17(14)20-13(3)21/h4-7,10-11,16H,8-9,12H2,1-3H3;6-11H,5,12H2,1-4H3;4-9,19H,10-11H2,1-3H3;5-10H,11H2,1-4H3;2*4-9H,10H2,1-3H3. The summed E-state index contributed by atoms with van der Waals surface area (Å²) in [5.74, 6) is 10.5. The summed E-state index contributed by atoms with van der Waals surface area (Å²) >= 11 is 36.1. The summed E-state index contributed by atoms with van der Waals surface area (Å²) in [5, 5.41) is 12.5. The number of benzene rings is 12. The number of hydrogen-bond donors (Lipinski definition) is 1. The van der Waals surface area contributed by atoms with Crippen LogP contribution in [0, 0.1) is 93.6 Å². The molecule has 1 aliphatic carbocycles. The van der Waals surface area contributed by atoms with Crippen LogP contribution < -0.4 is 56.8 Å². The van der Waals surface area contributed by atoms with Crippen LogP contribution in [0.4, 0.5) is 0 Å². The van der Waals surface area contributed by atoms with Crippen LogP contribution in [0.5, 0.6) is 69.0 Å². The maximum Gasteiger partial charge on any atom is 0.164 e. The Morgan fingerprint density at radius 3 is 0.869 bits per heavy atom. The summed E-state index contributed by atoms with van der Waals surface area (Å²) in [6.45, 7) is 42.1. The van der Waals surface area contributed by atoms with Crippen LogP contribution in [0.25, 0.3) is 0 Å². The molecule has 13 nitrogen and oxygen atoms in total. The lowest BCUT2D eigenvalue weighted by Crippen LogP contribution is -2.07. The summed E-state index contributed by atoms with van der Waals surface area (Å²) < 4.78 is 71.7. The van der Waals surface area contributed by atoms with Crippen molar-refractivity contribution in [2.45, 2.75) is 210 Å². The zero-order chi connectivity index (χ0) is 94.8. The van der Waals surface area contributed by atoms with Crippen molar-refractivity contribution in [3.05, 3.63) is 349 Å². The third-order valence-corrected chi connectivity index (χ3v) is 22.7. The first-order chi connectivity index (χ1) is 62.0. The quantitative estimate of drug-likeness (QED) is 0.0386. The number of thiocarbonyl (C=S) groups is 6. The molecule has 13 rings (SSSR count). The van der Waals surface area contributed by atoms with Crippen molar-refractivity contribution in [1.82, 2.24) is 0 Å². The normalized spacial score (nSPS) is 10.9. The third kappa shape index (κ3) is 34.3. The molecule has 0 aliphatic heterocycles. The van der Waals surface area contributed by atoms with Crippen LogP contribution in [0.3, 0.4) is 0 Å². The summed E-state index contributed by atoms with van der Waals surface area (Å²) in [6, 6.07) is 72.4. The van der Waals surface area contributed by atoms with Crippen molar-refractivity contribution in [1.29, 1.82) is 0 Å². The lowest BCUT2D eigenvalue weighted by Gasteiger charge is -2.16. The van der Waals surface area contributed by atoms with Gasteiger partial charge in [0.15, 0.2) is 30.3 Å². The Labute approximate surface area is 824 Å². The first-order valence-corrected chi connectivity index (χ1v) is 47.2. The second-order valence-electron chi connectivity index (χ2n) is 31.8. The van der Waals surface area contributed by atoms with E-state index in [0.29, 0.717) is 81.6 Å². The molecule has 1 saturated carbocycles. The molecule has 0 saturated heterocycles. The average molecular weight is 2040 g/mol. The van der Waals surface area contributed by atoms with Crippen LogP contribution in [-0.4, -0.2) is 35.4 Å². The Bertz CT molecular complexity index is 5550. The minimum Gasteiger partial charge on any atom is -0.488 e. The fraction of sp³-hybridized carbons (Fsp3) is 0.284. The van der Waals surface area contributed by atoms with Crippen LogP contribution >= 0.6 is 112 Å². The molecule has 12 aromatic rings. The lowest BCUT2D eigenvalue weighted by atomic mass is 10.0. The second kappa shape index (κ2) is 52.9. The van der Waals surface area contributed by atoms with Crippen molar-refractivity contribution in [3.63, 3.8) is 0 Å². The molecular formula is C109H118BrIO13S6. The van der Waals surface area contributed by atoms with Gasteiger partial charge in [-0.25, -0.2) is 0 Å². The molecule has 0 bridgehead atoms. The molecule has 682 valence electrons. The van der Waals surface area contributed by atoms with E-state index < -0.39 is 0 Å². The van der Waals surface area contributed by atoms with Gasteiger partial charge < -0.3 is 61.9 Å². The largest absolute Gasteiger partial charge is 0.488 e. The molecule has 0 aromatic heterocycles. The smallest absolute Gasteiger partial charge is 0.164 e. The number of aryl methyl sites for hydroxylation is 14. The monoisotopic (exact) mass is 2030 g/mol. The average Bonchev–Trinajstić information content (AvgIpc) is 1.65. The van der Waals surface area contributed by atoms with Gasteiger partial charge >= 0.3 is 0 Å². The molecule has 1 aliphatic rings. The highest BCUT2D eigenvalue weighted by molar-refractivity contribution is 14.1. The Morgan fingerprint density at radius 1 is 0.292 bits per heavy atom. The molecule has 0 radical (unpaired) electrons. The molecule has 21 heteroatoms. The highest BCUT2D eigenvalue weighted by Crippen LogP contribution is 2.45. The third-order valence-electron chi connectivity index (χ3n) is 20.5. The van der Waals surface area contributed by atoms with Gasteiger partial charge in [0.05, 0.1) is 6.61 Å². The van der Waals surface area contributed by atoms with E-state index in [1.807, 2.05) is 173 Å². The van der Waals surface area contributed by atoms with E-state index in [1.165, 1.54) is 57.3 Å². The molecule has 1 N–H and O–H groups in total. The van der Waals surface area contributed by atoms with Gasteiger partial charge in [0, 0.05) is 83.0 Å². The highest BCUT2D eigenvalue weighted by atomic mass is 127. The minimum atomic E-state index is -0.0702. The van der Waals surface area contributed by atoms with Crippen LogP contribution in [0.2, 0.25) is 0 Å². The van der Waals surface area contributed by atoms with Gasteiger partial charge in [-0.3, -0.25) is 0 Å². The second-order valence-corrected chi connectivity index (χ2v) is 37.3. The van der Waals surface area contributed by atoms with Gasteiger partial charge in [-0.1, -0.05) is 190 Å². The Balaban J connectivity index is 0.000000193. The fourth-order valence-electron chi connectivity index (χ4n) is 13.9. The SMILES string of the molecule is CC(=S)Oc1cccc(Br)c1COc1ccc(C)cc1C.CC(=S)Oc1cccc(C)c1COc1ccc(C)cc1C.CC(=S)Oc1cccc(C2CC2)c1COc1ccc(C)cc1C.CC(=S)Oc1cccc(CO)c1COc1ccc(C)cc1C.CC(=S)Oc1cccc(I)c1COc1ccc(C)cc1C.CCc1cccc(OC(C)=S)c1COc1ccc(C)cc1C. The van der Waals surface area contributed by atoms with E-state index in [9.17, 15) is 5.11 Å². The van der Waals surface area contributed by atoms with Crippen molar-refractivity contribution >= 4 is 142 Å². The van der Waals surface area contributed by atoms with Crippen LogP contribution in [0.15, 0.2) is 223 Å². The minimum absolute atomic E-state index is 0.0702. The van der Waals surface area contributed by atoms with E-state index >= 15 is 0 Å². The maximum absolute atomic E-state index is 9.52. The molecule has 0 spiro atoms. The van der Waals surface area contributed by atoms with Gasteiger partial charge in [0.2, 0.25) is 0 Å². The van der Waals surface area contributed by atoms with Crippen molar-refractivity contribution < 1.29 is 61.9 Å². The van der Waals surface area contributed by atoms with E-state index in [4.69, 9.17) is 130 Å². The molecule has 0 unspecified atom stereocenters. The number of aliphatic hydroxyl groups is 1. The first kappa shape index (κ1) is 105. The molecule has 130 heavy (non-hydrogen) atoms. The number of halogens is 2. The topological polar surface area (TPSA) is 131 Å². The molecule has 0 atom stereocenters. The Hall–Kier alpha value is -10.1. The predicted molar refractivity (Wildman–Crippen MR) is 566 cm³/mol. The molecular weight excluding hydrogens is 1920 g/mol. The number of rotatable bonds is 27. The highest BCUT2D eigenvalue weighted by Gasteiger charge is 2.28. The molecule has 0 amide bonds. The summed E-state index contributed by atoms with van der Waals surface area (Å²) in [6.07, 6.45) is 3.42. The number of ether oxygens (including phenoxy) is 12. The summed E-state index contributed by atoms with van der Waals surface area (Å²) in [5.41, 5.74) is 24.6. The van der Waals surface area contributed by atoms with Gasteiger partial charge in [0.1, 0.15) is 109 Å². The van der Waals surface area contributed by atoms with E-state index in [2.05, 4.69) is 181 Å². The summed E-state index contributed by atoms with van der Waals surface area (Å²) in [7, 11) is 0. The Kier molecular flexibility index (Phi) is 42.8. The van der Waals surface area contributed by atoms with Crippen molar-refractivity contribution in [3.8, 4) is 69.0 Å². The van der Waals surface area contributed by atoms with E-state index in [-0.39, 0.29) is 6.61 Å². The van der Waals surface area contributed by atoms with Gasteiger partial charge in [0.25, 0.3) is 0 Å². The van der Waals surface area contributed by atoms with Gasteiger partial charge in [-0.05, 0) is 352 Å². The number of hydrogen-bond acceptors (Lipinski definition) is 19. The fourth-order valence-corrected chi connectivity index (χ4v) is 15.6. The molecule has 1 fully saturated rings. The maximum atomic E-state index is 9.52. The van der Waals surface area contributed by atoms with Gasteiger partial charge in [-0.2, -0.15) is 0 Å². The molecule has 0 heterocycles. The predicted octanol–water partition coefficient (Wildman–Crippen LogP) is 30.3. The van der Waals surface area contributed by atoms with Crippen molar-refractivity contribution in [2.75, 3.05) is 0 Å². The van der Waals surface area contributed by atoms with Crippen molar-refractivity contribution in [2.24, 2.45) is 0 Å². The number of aliphatic hydroxyl groups excluding tert-OH is 1. The lowest BCUT2D eigenvalue weighted by molar-refractivity contribution is 0.267. The van der Waals surface area contributed by atoms with Gasteiger partial charge in [-0.15, -0.1) is 0 Å². The van der Waals surface area contributed by atoms with Crippen LogP contribution in [0.1, 0.15) is 190 Å². The Morgan fingerprint density at radius 2 is 0.546 bits per heavy atom. The summed E-state index contributed by atoms with van der Waals surface area (Å²) in [4.78, 5) is 0. The van der Waals surface area contributed by atoms with Crippen LogP contribution in [-0.2, 0) is 52.7 Å². The zero-order valence-corrected chi connectivity index (χ0v) is 86.6.